The Hall–Kier alpha value is -3.15. The van der Waals surface area contributed by atoms with Gasteiger partial charge >= 0.3 is 0 Å². The zero-order chi connectivity index (χ0) is 18.8. The maximum Gasteiger partial charge on any atom is 0.254 e. The minimum atomic E-state index is 0.0606. The van der Waals surface area contributed by atoms with Crippen LogP contribution in [-0.4, -0.2) is 54.0 Å². The Bertz CT molecular complexity index is 979. The molecule has 4 rings (SSSR count). The Kier molecular flexibility index (Phi) is 4.62. The molecule has 6 nitrogen and oxygen atoms in total. The van der Waals surface area contributed by atoms with Gasteiger partial charge in [0, 0.05) is 49.9 Å². The number of carbonyl (C=O) groups is 1. The molecular formula is C21H23N5O. The van der Waals surface area contributed by atoms with Crippen molar-refractivity contribution in [3.8, 4) is 0 Å². The maximum absolute atomic E-state index is 12.9. The summed E-state index contributed by atoms with van der Waals surface area (Å²) in [5.41, 5.74) is 3.93. The van der Waals surface area contributed by atoms with Gasteiger partial charge in [-0.15, -0.1) is 0 Å². The fraction of sp³-hybridized carbons (Fsp3) is 0.286. The van der Waals surface area contributed by atoms with Crippen LogP contribution in [0.2, 0.25) is 0 Å². The maximum atomic E-state index is 12.9. The molecule has 2 heterocycles. The second-order valence-corrected chi connectivity index (χ2v) is 6.82. The Balaban J connectivity index is 1.48. The summed E-state index contributed by atoms with van der Waals surface area (Å²) in [6.07, 6.45) is 1.52. The topological polar surface area (TPSA) is 61.4 Å². The van der Waals surface area contributed by atoms with Crippen molar-refractivity contribution in [3.63, 3.8) is 0 Å². The molecule has 0 atom stereocenters. The normalized spacial score (nSPS) is 14.4. The highest BCUT2D eigenvalue weighted by molar-refractivity contribution is 5.99. The summed E-state index contributed by atoms with van der Waals surface area (Å²) in [7, 11) is 1.83. The number of fused-ring (bicyclic) bond motifs is 1. The summed E-state index contributed by atoms with van der Waals surface area (Å²) >= 11 is 0. The number of nitrogens with one attached hydrogen (secondary N) is 1. The lowest BCUT2D eigenvalue weighted by Gasteiger charge is -2.36. The first-order valence-corrected chi connectivity index (χ1v) is 9.19. The predicted octanol–water partition coefficient (Wildman–Crippen LogP) is 2.94. The number of carbonyl (C=O) groups excluding carboxylic acids is 1. The van der Waals surface area contributed by atoms with Crippen molar-refractivity contribution in [2.24, 2.45) is 0 Å². The van der Waals surface area contributed by atoms with Crippen LogP contribution in [0.4, 0.5) is 11.5 Å². The largest absolute Gasteiger partial charge is 0.373 e. The summed E-state index contributed by atoms with van der Waals surface area (Å²) in [5.74, 6) is 0.830. The van der Waals surface area contributed by atoms with E-state index < -0.39 is 0 Å². The molecule has 0 bridgehead atoms. The van der Waals surface area contributed by atoms with Crippen molar-refractivity contribution in [1.29, 1.82) is 0 Å². The van der Waals surface area contributed by atoms with E-state index in [1.54, 1.807) is 0 Å². The average Bonchev–Trinajstić information content (AvgIpc) is 2.72. The molecule has 138 valence electrons. The summed E-state index contributed by atoms with van der Waals surface area (Å²) in [6.45, 7) is 5.22. The van der Waals surface area contributed by atoms with Gasteiger partial charge in [-0.2, -0.15) is 0 Å². The molecule has 0 saturated carbocycles. The van der Waals surface area contributed by atoms with Gasteiger partial charge in [0.1, 0.15) is 12.1 Å². The predicted molar refractivity (Wildman–Crippen MR) is 108 cm³/mol. The fourth-order valence-corrected chi connectivity index (χ4v) is 3.56. The summed E-state index contributed by atoms with van der Waals surface area (Å²) in [5, 5.41) is 3.97. The number of amides is 1. The van der Waals surface area contributed by atoms with Crippen molar-refractivity contribution in [1.82, 2.24) is 14.9 Å². The van der Waals surface area contributed by atoms with Crippen LogP contribution in [0, 0.1) is 6.92 Å². The molecule has 0 spiro atoms. The van der Waals surface area contributed by atoms with Crippen LogP contribution in [0.15, 0.2) is 48.8 Å². The van der Waals surface area contributed by atoms with E-state index in [2.05, 4.69) is 51.4 Å². The average molecular weight is 361 g/mol. The second-order valence-electron chi connectivity index (χ2n) is 6.82. The number of hydrogen-bond acceptors (Lipinski definition) is 5. The molecule has 1 aromatic heterocycles. The van der Waals surface area contributed by atoms with E-state index in [1.165, 1.54) is 17.6 Å². The molecule has 1 aliphatic heterocycles. The number of benzene rings is 2. The Morgan fingerprint density at radius 3 is 2.59 bits per heavy atom. The molecule has 6 heteroatoms. The smallest absolute Gasteiger partial charge is 0.254 e. The van der Waals surface area contributed by atoms with Crippen LogP contribution in [0.5, 0.6) is 0 Å². The van der Waals surface area contributed by atoms with Gasteiger partial charge in [-0.25, -0.2) is 9.97 Å². The van der Waals surface area contributed by atoms with Crippen LogP contribution in [0.25, 0.3) is 10.9 Å². The number of nitrogens with zero attached hydrogens (tertiary/aromatic N) is 4. The lowest BCUT2D eigenvalue weighted by atomic mass is 10.1. The molecule has 1 N–H and O–H groups in total. The van der Waals surface area contributed by atoms with Crippen LogP contribution in [-0.2, 0) is 0 Å². The van der Waals surface area contributed by atoms with Gasteiger partial charge in [-0.3, -0.25) is 4.79 Å². The first kappa shape index (κ1) is 17.3. The zero-order valence-electron chi connectivity index (χ0n) is 15.6. The van der Waals surface area contributed by atoms with Crippen molar-refractivity contribution in [3.05, 3.63) is 59.9 Å². The molecule has 1 saturated heterocycles. The SMILES string of the molecule is CNc1ncnc2cc(C(=O)N3CCN(c4cccc(C)c4)CC3)ccc12. The third-order valence-corrected chi connectivity index (χ3v) is 5.05. The van der Waals surface area contributed by atoms with Gasteiger partial charge in [-0.1, -0.05) is 12.1 Å². The van der Waals surface area contributed by atoms with E-state index in [-0.39, 0.29) is 5.91 Å². The molecular weight excluding hydrogens is 338 g/mol. The highest BCUT2D eigenvalue weighted by Crippen LogP contribution is 2.22. The molecule has 0 radical (unpaired) electrons. The van der Waals surface area contributed by atoms with Gasteiger partial charge < -0.3 is 15.1 Å². The molecule has 1 fully saturated rings. The van der Waals surface area contributed by atoms with Crippen molar-refractivity contribution < 1.29 is 4.79 Å². The standard InChI is InChI=1S/C21H23N5O/c1-15-4-3-5-17(12-15)25-8-10-26(11-9-25)21(27)16-6-7-18-19(13-16)23-14-24-20(18)22-2/h3-7,12-14H,8-11H2,1-2H3,(H,22,23,24). The summed E-state index contributed by atoms with van der Waals surface area (Å²) < 4.78 is 0. The van der Waals surface area contributed by atoms with Crippen molar-refractivity contribution in [2.75, 3.05) is 43.4 Å². The minimum Gasteiger partial charge on any atom is -0.373 e. The highest BCUT2D eigenvalue weighted by atomic mass is 16.2. The van der Waals surface area contributed by atoms with E-state index in [1.807, 2.05) is 30.1 Å². The Morgan fingerprint density at radius 2 is 1.85 bits per heavy atom. The third-order valence-electron chi connectivity index (χ3n) is 5.05. The highest BCUT2D eigenvalue weighted by Gasteiger charge is 2.22. The number of hydrogen-bond donors (Lipinski definition) is 1. The Labute approximate surface area is 158 Å². The lowest BCUT2D eigenvalue weighted by Crippen LogP contribution is -2.48. The Morgan fingerprint density at radius 1 is 1.04 bits per heavy atom. The summed E-state index contributed by atoms with van der Waals surface area (Å²) in [4.78, 5) is 25.7. The van der Waals surface area contributed by atoms with Gasteiger partial charge in [0.05, 0.1) is 5.52 Å². The molecule has 2 aromatic carbocycles. The van der Waals surface area contributed by atoms with Gasteiger partial charge in [-0.05, 0) is 42.8 Å². The van der Waals surface area contributed by atoms with E-state index in [0.717, 1.165) is 42.9 Å². The quantitative estimate of drug-likeness (QED) is 0.777. The number of rotatable bonds is 3. The number of aromatic nitrogens is 2. The van der Waals surface area contributed by atoms with Crippen molar-refractivity contribution in [2.45, 2.75) is 6.92 Å². The first-order valence-electron chi connectivity index (χ1n) is 9.19. The van der Waals surface area contributed by atoms with Crippen molar-refractivity contribution >= 4 is 28.3 Å². The number of anilines is 2. The third kappa shape index (κ3) is 3.43. The summed E-state index contributed by atoms with van der Waals surface area (Å²) in [6, 6.07) is 14.1. The van der Waals surface area contributed by atoms with Crippen LogP contribution < -0.4 is 10.2 Å². The van der Waals surface area contributed by atoms with E-state index in [4.69, 9.17) is 0 Å². The number of piperazine rings is 1. The number of aryl methyl sites for hydroxylation is 1. The van der Waals surface area contributed by atoms with Gasteiger partial charge in [0.2, 0.25) is 0 Å². The second kappa shape index (κ2) is 7.23. The molecule has 1 aliphatic rings. The van der Waals surface area contributed by atoms with Crippen LogP contribution >= 0.6 is 0 Å². The molecule has 0 unspecified atom stereocenters. The van der Waals surface area contributed by atoms with E-state index >= 15 is 0 Å². The zero-order valence-corrected chi connectivity index (χ0v) is 15.6. The fourth-order valence-electron chi connectivity index (χ4n) is 3.56. The van der Waals surface area contributed by atoms with E-state index in [9.17, 15) is 4.79 Å². The molecule has 3 aromatic rings. The molecule has 27 heavy (non-hydrogen) atoms. The molecule has 1 amide bonds. The molecule has 0 aliphatic carbocycles. The minimum absolute atomic E-state index is 0.0606. The van der Waals surface area contributed by atoms with Crippen LogP contribution in [0.1, 0.15) is 15.9 Å². The monoisotopic (exact) mass is 361 g/mol. The van der Waals surface area contributed by atoms with E-state index in [0.29, 0.717) is 5.56 Å². The first-order chi connectivity index (χ1) is 13.2. The lowest BCUT2D eigenvalue weighted by molar-refractivity contribution is 0.0747. The van der Waals surface area contributed by atoms with Gasteiger partial charge in [0.25, 0.3) is 5.91 Å². The van der Waals surface area contributed by atoms with Crippen LogP contribution in [0.3, 0.4) is 0 Å². The van der Waals surface area contributed by atoms with Gasteiger partial charge in [0.15, 0.2) is 0 Å².